The highest BCUT2D eigenvalue weighted by Crippen LogP contribution is 2.41. The van der Waals surface area contributed by atoms with Crippen LogP contribution in [0.15, 0.2) is 136 Å². The average molecular weight is 552 g/mol. The molecule has 0 aliphatic heterocycles. The third-order valence-corrected chi connectivity index (χ3v) is 7.87. The van der Waals surface area contributed by atoms with Gasteiger partial charge in [-0.05, 0) is 90.0 Å². The minimum atomic E-state index is 0.445. The van der Waals surface area contributed by atoms with E-state index in [9.17, 15) is 5.26 Å². The lowest BCUT2D eigenvalue weighted by molar-refractivity contribution is 0.668. The van der Waals surface area contributed by atoms with E-state index in [4.69, 9.17) is 15.4 Å². The number of nitriles is 1. The van der Waals surface area contributed by atoms with E-state index in [1.807, 2.05) is 72.8 Å². The number of benzene rings is 6. The summed E-state index contributed by atoms with van der Waals surface area (Å²) < 4.78 is 12.2. The van der Waals surface area contributed by atoms with Gasteiger partial charge >= 0.3 is 0 Å². The lowest BCUT2D eigenvalue weighted by Crippen LogP contribution is -2.09. The molecule has 5 nitrogen and oxygen atoms in total. The summed E-state index contributed by atoms with van der Waals surface area (Å²) in [5.74, 6) is 0. The van der Waals surface area contributed by atoms with Crippen molar-refractivity contribution in [2.75, 3.05) is 4.90 Å². The first-order valence-corrected chi connectivity index (χ1v) is 13.8. The van der Waals surface area contributed by atoms with Crippen LogP contribution >= 0.6 is 0 Å². The first-order valence-electron chi connectivity index (χ1n) is 13.8. The SMILES string of the molecule is [C-]#[N+]c1cc(C#N)cc(-c2ccc(N(c3ccc4oc5ccccc5c4c3)c3ccc4oc5ccccc5c4c3)cc2)c1. The van der Waals surface area contributed by atoms with Crippen molar-refractivity contribution in [1.29, 1.82) is 5.26 Å². The van der Waals surface area contributed by atoms with Gasteiger partial charge < -0.3 is 13.7 Å². The Balaban J connectivity index is 1.31. The molecule has 0 radical (unpaired) electrons. The molecule has 0 aliphatic rings. The van der Waals surface area contributed by atoms with E-state index < -0.39 is 0 Å². The van der Waals surface area contributed by atoms with E-state index in [0.29, 0.717) is 11.3 Å². The van der Waals surface area contributed by atoms with Gasteiger partial charge in [0.15, 0.2) is 5.69 Å². The highest BCUT2D eigenvalue weighted by molar-refractivity contribution is 6.08. The van der Waals surface area contributed by atoms with Crippen molar-refractivity contribution < 1.29 is 8.83 Å². The van der Waals surface area contributed by atoms with Crippen molar-refractivity contribution in [1.82, 2.24) is 0 Å². The molecule has 200 valence electrons. The van der Waals surface area contributed by atoms with Crippen LogP contribution in [0.5, 0.6) is 0 Å². The zero-order chi connectivity index (χ0) is 28.9. The zero-order valence-electron chi connectivity index (χ0n) is 22.8. The number of furan rings is 2. The van der Waals surface area contributed by atoms with E-state index in [1.54, 1.807) is 6.07 Å². The fraction of sp³-hybridized carbons (Fsp3) is 0. The fourth-order valence-electron chi connectivity index (χ4n) is 5.86. The molecule has 0 N–H and O–H groups in total. The maximum Gasteiger partial charge on any atom is 0.189 e. The number of hydrogen-bond acceptors (Lipinski definition) is 4. The van der Waals surface area contributed by atoms with Crippen LogP contribution in [-0.2, 0) is 0 Å². The average Bonchev–Trinajstić information content (AvgIpc) is 3.63. The van der Waals surface area contributed by atoms with Gasteiger partial charge in [0, 0.05) is 44.2 Å². The topological polar surface area (TPSA) is 57.7 Å². The number of hydrogen-bond donors (Lipinski definition) is 0. The number of para-hydroxylation sites is 2. The van der Waals surface area contributed by atoms with Crippen LogP contribution < -0.4 is 4.90 Å². The standard InChI is InChI=1S/C38H21N3O2/c1-40-27-19-24(23-39)18-26(20-27)25-10-12-28(13-11-25)41(29-14-16-37-33(21-29)31-6-2-4-8-35(31)42-37)30-15-17-38-34(22-30)32-7-3-5-9-36(32)43-38/h2-22H. The van der Waals surface area contributed by atoms with Crippen LogP contribution in [0.4, 0.5) is 22.7 Å². The number of anilines is 3. The van der Waals surface area contributed by atoms with Crippen LogP contribution in [0, 0.1) is 17.9 Å². The molecule has 0 aliphatic carbocycles. The maximum absolute atomic E-state index is 9.48. The quantitative estimate of drug-likeness (QED) is 0.204. The first-order chi connectivity index (χ1) is 21.2. The van der Waals surface area contributed by atoms with Gasteiger partial charge in [0.05, 0.1) is 12.6 Å². The predicted octanol–water partition coefficient (Wildman–Crippen LogP) is 11.0. The summed E-state index contributed by atoms with van der Waals surface area (Å²) in [6, 6.07) is 44.3. The summed E-state index contributed by atoms with van der Waals surface area (Å²) in [6.45, 7) is 7.44. The van der Waals surface area contributed by atoms with E-state index in [2.05, 4.69) is 64.3 Å². The summed E-state index contributed by atoms with van der Waals surface area (Å²) >= 11 is 0. The van der Waals surface area contributed by atoms with Crippen molar-refractivity contribution in [2.24, 2.45) is 0 Å². The molecule has 8 aromatic rings. The smallest absolute Gasteiger partial charge is 0.189 e. The Morgan fingerprint density at radius 1 is 0.535 bits per heavy atom. The van der Waals surface area contributed by atoms with E-state index in [0.717, 1.165) is 72.1 Å². The molecule has 0 atom stereocenters. The van der Waals surface area contributed by atoms with Crippen molar-refractivity contribution in [3.63, 3.8) is 0 Å². The fourth-order valence-corrected chi connectivity index (χ4v) is 5.86. The lowest BCUT2D eigenvalue weighted by Gasteiger charge is -2.26. The lowest BCUT2D eigenvalue weighted by atomic mass is 10.0. The summed E-state index contributed by atoms with van der Waals surface area (Å²) in [6.07, 6.45) is 0. The molecule has 43 heavy (non-hydrogen) atoms. The Morgan fingerprint density at radius 3 is 1.63 bits per heavy atom. The molecule has 0 saturated heterocycles. The summed E-state index contributed by atoms with van der Waals surface area (Å²) in [7, 11) is 0. The molecular formula is C38H21N3O2. The molecule has 2 aromatic heterocycles. The third-order valence-electron chi connectivity index (χ3n) is 7.87. The van der Waals surface area contributed by atoms with Crippen LogP contribution in [0.25, 0.3) is 59.8 Å². The van der Waals surface area contributed by atoms with Crippen LogP contribution in [0.1, 0.15) is 5.56 Å². The highest BCUT2D eigenvalue weighted by Gasteiger charge is 2.18. The number of fused-ring (bicyclic) bond motifs is 6. The molecule has 2 heterocycles. The second-order valence-electron chi connectivity index (χ2n) is 10.4. The monoisotopic (exact) mass is 551 g/mol. The van der Waals surface area contributed by atoms with Crippen molar-refractivity contribution >= 4 is 66.6 Å². The van der Waals surface area contributed by atoms with E-state index >= 15 is 0 Å². The highest BCUT2D eigenvalue weighted by atomic mass is 16.3. The van der Waals surface area contributed by atoms with Crippen LogP contribution in [0.2, 0.25) is 0 Å². The molecule has 0 amide bonds. The largest absolute Gasteiger partial charge is 0.456 e. The normalized spacial score (nSPS) is 11.2. The van der Waals surface area contributed by atoms with Gasteiger partial charge in [-0.15, -0.1) is 0 Å². The Bertz CT molecular complexity index is 2290. The molecular weight excluding hydrogens is 530 g/mol. The van der Waals surface area contributed by atoms with Crippen molar-refractivity contribution in [2.45, 2.75) is 0 Å². The van der Waals surface area contributed by atoms with Gasteiger partial charge in [0.2, 0.25) is 0 Å². The Kier molecular flexibility index (Phi) is 5.50. The second kappa shape index (κ2) is 9.66. The van der Waals surface area contributed by atoms with Gasteiger partial charge in [-0.1, -0.05) is 48.5 Å². The molecule has 6 aromatic carbocycles. The van der Waals surface area contributed by atoms with Crippen molar-refractivity contribution in [3.8, 4) is 17.2 Å². The van der Waals surface area contributed by atoms with Gasteiger partial charge in [0.1, 0.15) is 22.3 Å². The summed E-state index contributed by atoms with van der Waals surface area (Å²) in [5, 5.41) is 13.7. The number of nitrogens with zero attached hydrogens (tertiary/aromatic N) is 3. The molecule has 0 spiro atoms. The summed E-state index contributed by atoms with van der Waals surface area (Å²) in [5.41, 5.74) is 9.00. The minimum absolute atomic E-state index is 0.445. The molecule has 0 unspecified atom stereocenters. The second-order valence-corrected chi connectivity index (χ2v) is 10.4. The number of rotatable bonds is 4. The first kappa shape index (κ1) is 24.5. The van der Waals surface area contributed by atoms with Gasteiger partial charge in [-0.25, -0.2) is 4.85 Å². The predicted molar refractivity (Wildman–Crippen MR) is 172 cm³/mol. The Morgan fingerprint density at radius 2 is 1.07 bits per heavy atom. The summed E-state index contributed by atoms with van der Waals surface area (Å²) in [4.78, 5) is 5.77. The van der Waals surface area contributed by atoms with Gasteiger partial charge in [-0.3, -0.25) is 0 Å². The van der Waals surface area contributed by atoms with Crippen LogP contribution in [-0.4, -0.2) is 0 Å². The van der Waals surface area contributed by atoms with Crippen molar-refractivity contribution in [3.05, 3.63) is 144 Å². The van der Waals surface area contributed by atoms with Gasteiger partial charge in [0.25, 0.3) is 0 Å². The molecule has 8 rings (SSSR count). The van der Waals surface area contributed by atoms with E-state index in [1.165, 1.54) is 0 Å². The molecule has 0 fully saturated rings. The molecule has 0 saturated carbocycles. The van der Waals surface area contributed by atoms with Gasteiger partial charge in [-0.2, -0.15) is 5.26 Å². The maximum atomic E-state index is 9.48. The zero-order valence-corrected chi connectivity index (χ0v) is 22.8. The molecule has 0 bridgehead atoms. The minimum Gasteiger partial charge on any atom is -0.456 e. The van der Waals surface area contributed by atoms with Crippen LogP contribution in [0.3, 0.4) is 0 Å². The molecule has 5 heteroatoms. The third kappa shape index (κ3) is 4.08. The van der Waals surface area contributed by atoms with E-state index in [-0.39, 0.29) is 0 Å². The Hall–Kier alpha value is -6.30. The Labute approximate surface area is 246 Å².